The monoisotopic (exact) mass is 216 g/mol. The van der Waals surface area contributed by atoms with E-state index < -0.39 is 6.04 Å². The molecule has 4 nitrogen and oxygen atoms in total. The summed E-state index contributed by atoms with van der Waals surface area (Å²) in [7, 11) is 0. The van der Waals surface area contributed by atoms with Crippen LogP contribution in [0.1, 0.15) is 18.5 Å². The summed E-state index contributed by atoms with van der Waals surface area (Å²) in [6.07, 6.45) is 1.58. The van der Waals surface area contributed by atoms with Crippen molar-refractivity contribution in [2.75, 3.05) is 0 Å². The van der Waals surface area contributed by atoms with E-state index in [1.807, 2.05) is 30.3 Å². The van der Waals surface area contributed by atoms with Gasteiger partial charge >= 0.3 is 0 Å². The van der Waals surface area contributed by atoms with Gasteiger partial charge in [-0.05, 0) is 12.5 Å². The fraction of sp³-hybridized carbons (Fsp3) is 0.167. The molecule has 0 aromatic heterocycles. The first-order valence-electron chi connectivity index (χ1n) is 5.05. The van der Waals surface area contributed by atoms with Gasteiger partial charge in [-0.15, -0.1) is 0 Å². The lowest BCUT2D eigenvalue weighted by Crippen LogP contribution is -2.49. The third-order valence-corrected chi connectivity index (χ3v) is 2.46. The van der Waals surface area contributed by atoms with Crippen molar-refractivity contribution >= 4 is 11.8 Å². The molecule has 0 bridgehead atoms. The van der Waals surface area contributed by atoms with Crippen LogP contribution in [0.3, 0.4) is 0 Å². The van der Waals surface area contributed by atoms with Gasteiger partial charge in [-0.25, -0.2) is 0 Å². The van der Waals surface area contributed by atoms with Gasteiger partial charge in [0.15, 0.2) is 0 Å². The Morgan fingerprint density at radius 1 is 1.19 bits per heavy atom. The van der Waals surface area contributed by atoms with Gasteiger partial charge in [-0.2, -0.15) is 0 Å². The number of rotatable bonds is 1. The summed E-state index contributed by atoms with van der Waals surface area (Å²) in [5.74, 6) is -0.463. The molecular weight excluding hydrogens is 204 g/mol. The van der Waals surface area contributed by atoms with Gasteiger partial charge in [-0.3, -0.25) is 9.59 Å². The number of hydrogen-bond donors (Lipinski definition) is 2. The van der Waals surface area contributed by atoms with Crippen LogP contribution in [-0.4, -0.2) is 11.8 Å². The number of benzene rings is 1. The quantitative estimate of drug-likeness (QED) is 0.684. The predicted molar refractivity (Wildman–Crippen MR) is 59.2 cm³/mol. The highest BCUT2D eigenvalue weighted by atomic mass is 16.2. The lowest BCUT2D eigenvalue weighted by atomic mass is 10.0. The maximum absolute atomic E-state index is 11.7. The van der Waals surface area contributed by atoms with Crippen molar-refractivity contribution in [3.63, 3.8) is 0 Å². The molecule has 1 atom stereocenters. The minimum atomic E-state index is -0.600. The molecule has 0 aliphatic carbocycles. The third-order valence-electron chi connectivity index (χ3n) is 2.46. The van der Waals surface area contributed by atoms with Crippen molar-refractivity contribution < 1.29 is 9.59 Å². The molecule has 1 heterocycles. The zero-order valence-corrected chi connectivity index (χ0v) is 8.86. The van der Waals surface area contributed by atoms with E-state index in [2.05, 4.69) is 10.6 Å². The van der Waals surface area contributed by atoms with Crippen LogP contribution in [0.4, 0.5) is 0 Å². The summed E-state index contributed by atoms with van der Waals surface area (Å²) in [4.78, 5) is 23.3. The molecule has 0 saturated carbocycles. The Hall–Kier alpha value is -2.10. The Morgan fingerprint density at radius 3 is 2.50 bits per heavy atom. The van der Waals surface area contributed by atoms with Crippen LogP contribution < -0.4 is 10.6 Å². The molecule has 2 rings (SSSR count). The first-order valence-corrected chi connectivity index (χ1v) is 5.05. The fourth-order valence-electron chi connectivity index (χ4n) is 1.62. The third kappa shape index (κ3) is 1.82. The zero-order valence-electron chi connectivity index (χ0n) is 8.86. The van der Waals surface area contributed by atoms with Crippen molar-refractivity contribution in [1.82, 2.24) is 10.6 Å². The topological polar surface area (TPSA) is 58.2 Å². The van der Waals surface area contributed by atoms with Crippen LogP contribution in [0.25, 0.3) is 0 Å². The zero-order chi connectivity index (χ0) is 11.5. The molecule has 1 fully saturated rings. The Bertz CT molecular complexity index is 451. The maximum Gasteiger partial charge on any atom is 0.268 e. The van der Waals surface area contributed by atoms with Crippen LogP contribution in [-0.2, 0) is 9.59 Å². The van der Waals surface area contributed by atoms with E-state index in [1.54, 1.807) is 13.0 Å². The normalized spacial score (nSPS) is 22.8. The summed E-state index contributed by atoms with van der Waals surface area (Å²) in [6.45, 7) is 1.71. The van der Waals surface area contributed by atoms with Gasteiger partial charge in [0.1, 0.15) is 11.7 Å². The molecular formula is C12H12N2O2. The number of carbonyl (C=O) groups excluding carboxylic acids is 2. The second-order valence-corrected chi connectivity index (χ2v) is 3.51. The van der Waals surface area contributed by atoms with E-state index in [0.717, 1.165) is 5.56 Å². The lowest BCUT2D eigenvalue weighted by molar-refractivity contribution is -0.131. The van der Waals surface area contributed by atoms with Crippen molar-refractivity contribution in [3.05, 3.63) is 47.7 Å². The average molecular weight is 216 g/mol. The van der Waals surface area contributed by atoms with E-state index in [-0.39, 0.29) is 11.8 Å². The van der Waals surface area contributed by atoms with Gasteiger partial charge in [0, 0.05) is 0 Å². The molecule has 1 saturated heterocycles. The number of piperazine rings is 1. The minimum Gasteiger partial charge on any atom is -0.335 e. The Labute approximate surface area is 93.3 Å². The lowest BCUT2D eigenvalue weighted by Gasteiger charge is -2.25. The smallest absolute Gasteiger partial charge is 0.268 e. The highest BCUT2D eigenvalue weighted by Gasteiger charge is 2.30. The number of nitrogens with one attached hydrogen (secondary N) is 2. The summed E-state index contributed by atoms with van der Waals surface area (Å²) >= 11 is 0. The van der Waals surface area contributed by atoms with Gasteiger partial charge in [0.2, 0.25) is 0 Å². The molecule has 2 N–H and O–H groups in total. The molecule has 1 aromatic rings. The van der Waals surface area contributed by atoms with E-state index in [9.17, 15) is 9.59 Å². The van der Waals surface area contributed by atoms with Crippen LogP contribution in [0.15, 0.2) is 42.1 Å². The molecule has 1 aliphatic rings. The Morgan fingerprint density at radius 2 is 1.88 bits per heavy atom. The number of allylic oxidation sites excluding steroid dienone is 1. The summed E-state index contributed by atoms with van der Waals surface area (Å²) in [5, 5.41) is 5.24. The molecule has 16 heavy (non-hydrogen) atoms. The predicted octanol–water partition coefficient (Wildman–Crippen LogP) is 0.877. The first-order chi connectivity index (χ1) is 7.72. The molecule has 1 aliphatic heterocycles. The molecule has 2 amide bonds. The Balaban J connectivity index is 2.26. The Kier molecular flexibility index (Phi) is 2.72. The van der Waals surface area contributed by atoms with Gasteiger partial charge in [0.25, 0.3) is 11.8 Å². The maximum atomic E-state index is 11.7. The fourth-order valence-corrected chi connectivity index (χ4v) is 1.62. The molecule has 0 spiro atoms. The van der Waals surface area contributed by atoms with E-state index in [4.69, 9.17) is 0 Å². The van der Waals surface area contributed by atoms with Gasteiger partial charge in [0.05, 0.1) is 0 Å². The van der Waals surface area contributed by atoms with E-state index >= 15 is 0 Å². The summed E-state index contributed by atoms with van der Waals surface area (Å²) in [6, 6.07) is 8.55. The van der Waals surface area contributed by atoms with Gasteiger partial charge in [-0.1, -0.05) is 36.4 Å². The largest absolute Gasteiger partial charge is 0.335 e. The number of amides is 2. The minimum absolute atomic E-state index is 0.209. The van der Waals surface area contributed by atoms with Crippen molar-refractivity contribution in [1.29, 1.82) is 0 Å². The van der Waals surface area contributed by atoms with Crippen molar-refractivity contribution in [2.24, 2.45) is 0 Å². The second kappa shape index (κ2) is 4.18. The molecule has 1 aromatic carbocycles. The molecule has 4 heteroatoms. The van der Waals surface area contributed by atoms with E-state index in [1.165, 1.54) is 0 Å². The summed E-state index contributed by atoms with van der Waals surface area (Å²) < 4.78 is 0. The first kappa shape index (κ1) is 10.4. The molecule has 1 unspecified atom stereocenters. The van der Waals surface area contributed by atoms with Crippen molar-refractivity contribution in [2.45, 2.75) is 13.0 Å². The standard InChI is InChI=1S/C12H12N2O2/c1-2-9-11(15)14-10(12(16)13-9)8-6-4-3-5-7-8/h2-7,10H,1H3,(H,13,16)(H,14,15)/b9-2+. The van der Waals surface area contributed by atoms with Gasteiger partial charge < -0.3 is 10.6 Å². The van der Waals surface area contributed by atoms with Crippen molar-refractivity contribution in [3.8, 4) is 0 Å². The van der Waals surface area contributed by atoms with Crippen LogP contribution in [0.2, 0.25) is 0 Å². The molecule has 0 radical (unpaired) electrons. The number of hydrogen-bond acceptors (Lipinski definition) is 2. The van der Waals surface area contributed by atoms with E-state index in [0.29, 0.717) is 5.70 Å². The SMILES string of the molecule is C/C=C1/NC(=O)C(c2ccccc2)NC1=O. The second-order valence-electron chi connectivity index (χ2n) is 3.51. The summed E-state index contributed by atoms with van der Waals surface area (Å²) in [5.41, 5.74) is 1.08. The highest BCUT2D eigenvalue weighted by molar-refractivity contribution is 6.04. The molecule has 82 valence electrons. The van der Waals surface area contributed by atoms with Crippen LogP contribution in [0, 0.1) is 0 Å². The van der Waals surface area contributed by atoms with Crippen LogP contribution in [0.5, 0.6) is 0 Å². The highest BCUT2D eigenvalue weighted by Crippen LogP contribution is 2.16. The van der Waals surface area contributed by atoms with Crippen LogP contribution >= 0.6 is 0 Å². The average Bonchev–Trinajstić information content (AvgIpc) is 2.32. The number of carbonyl (C=O) groups is 2.